The molecule has 0 saturated heterocycles. The van der Waals surface area contributed by atoms with Crippen LogP contribution in [0.1, 0.15) is 55.4 Å². The molecule has 0 fully saturated rings. The second kappa shape index (κ2) is 8.08. The lowest BCUT2D eigenvalue weighted by molar-refractivity contribution is 0.797. The van der Waals surface area contributed by atoms with Gasteiger partial charge in [0, 0.05) is 12.4 Å². The summed E-state index contributed by atoms with van der Waals surface area (Å²) >= 11 is 0. The number of allylic oxidation sites excluding steroid dienone is 1. The maximum absolute atomic E-state index is 4.42. The highest BCUT2D eigenvalue weighted by Gasteiger charge is 2.14. The molecule has 0 amide bonds. The van der Waals surface area contributed by atoms with Crippen LogP contribution in [0.15, 0.2) is 79.0 Å². The normalized spacial score (nSPS) is 12.4. The van der Waals surface area contributed by atoms with E-state index in [4.69, 9.17) is 0 Å². The third kappa shape index (κ3) is 3.75. The quantitative estimate of drug-likeness (QED) is 0.339. The van der Waals surface area contributed by atoms with Gasteiger partial charge in [-0.1, -0.05) is 81.4 Å². The topological polar surface area (TPSA) is 17.8 Å². The monoisotopic (exact) mass is 380 g/mol. The largest absolute Gasteiger partial charge is 0.268 e. The Balaban J connectivity index is 1.96. The number of rotatable bonds is 5. The van der Waals surface area contributed by atoms with E-state index in [2.05, 4.69) is 98.7 Å². The Bertz CT molecular complexity index is 1150. The molecule has 2 nitrogen and oxygen atoms in total. The van der Waals surface area contributed by atoms with Crippen LogP contribution in [0, 0.1) is 0 Å². The molecule has 0 atom stereocenters. The van der Waals surface area contributed by atoms with Gasteiger partial charge in [-0.05, 0) is 57.9 Å². The van der Waals surface area contributed by atoms with Crippen LogP contribution in [0.4, 0.5) is 0 Å². The minimum absolute atomic E-state index is 0.531. The molecular weight excluding hydrogens is 352 g/mol. The Morgan fingerprint density at radius 2 is 1.55 bits per heavy atom. The molecule has 2 heteroatoms. The zero-order chi connectivity index (χ0) is 20.4. The van der Waals surface area contributed by atoms with E-state index in [-0.39, 0.29) is 0 Å². The fraction of sp³-hybridized carbons (Fsp3) is 0.222. The Hall–Kier alpha value is -3.13. The summed E-state index contributed by atoms with van der Waals surface area (Å²) in [5, 5.41) is 5.59. The van der Waals surface area contributed by atoms with Crippen LogP contribution in [0.2, 0.25) is 0 Å². The lowest BCUT2D eigenvalue weighted by Crippen LogP contribution is -1.96. The third-order valence-corrected chi connectivity index (χ3v) is 5.68. The second-order valence-corrected chi connectivity index (χ2v) is 7.89. The number of benzene rings is 3. The van der Waals surface area contributed by atoms with Crippen molar-refractivity contribution in [2.45, 2.75) is 33.1 Å². The van der Waals surface area contributed by atoms with Gasteiger partial charge in [-0.3, -0.25) is 4.68 Å². The molecule has 4 rings (SSSR count). The van der Waals surface area contributed by atoms with Crippen molar-refractivity contribution >= 4 is 22.0 Å². The smallest absolute Gasteiger partial charge is 0.0679 e. The summed E-state index contributed by atoms with van der Waals surface area (Å²) in [4.78, 5) is 0. The van der Waals surface area contributed by atoms with E-state index in [1.807, 2.05) is 17.9 Å². The predicted molar refractivity (Wildman–Crippen MR) is 124 cm³/mol. The Kier molecular flexibility index (Phi) is 5.35. The molecule has 0 bridgehead atoms. The van der Waals surface area contributed by atoms with Crippen LogP contribution in [-0.4, -0.2) is 9.78 Å². The first-order valence-electron chi connectivity index (χ1n) is 10.4. The molecule has 0 radical (unpaired) electrons. The molecule has 29 heavy (non-hydrogen) atoms. The fourth-order valence-corrected chi connectivity index (χ4v) is 4.03. The highest BCUT2D eigenvalue weighted by atomic mass is 15.2. The zero-order valence-electron chi connectivity index (χ0n) is 17.7. The van der Waals surface area contributed by atoms with Gasteiger partial charge in [0.05, 0.1) is 11.7 Å². The molecular formula is C27H28N2. The summed E-state index contributed by atoms with van der Waals surface area (Å²) in [5.74, 6) is 0.531. The van der Waals surface area contributed by atoms with Crippen molar-refractivity contribution in [3.8, 4) is 0 Å². The molecule has 0 saturated carbocycles. The molecule has 0 aliphatic carbocycles. The summed E-state index contributed by atoms with van der Waals surface area (Å²) in [7, 11) is 1.99. The summed E-state index contributed by atoms with van der Waals surface area (Å²) in [5.41, 5.74) is 8.98. The standard InChI is InChI=1S/C27H28N2/c1-5-25(21-9-7-6-8-10-21)27(22-13-11-20(12-14-22)19(2)3)23-15-16-26-24(17-23)18-28-29(26)4/h6-19H,5H2,1-4H3/b27-25+. The Labute approximate surface area is 173 Å². The van der Waals surface area contributed by atoms with Gasteiger partial charge in [-0.2, -0.15) is 5.10 Å². The highest BCUT2D eigenvalue weighted by molar-refractivity contribution is 6.00. The molecule has 1 heterocycles. The number of hydrogen-bond acceptors (Lipinski definition) is 1. The second-order valence-electron chi connectivity index (χ2n) is 7.89. The first-order valence-corrected chi connectivity index (χ1v) is 10.4. The van der Waals surface area contributed by atoms with Crippen molar-refractivity contribution in [3.05, 3.63) is 101 Å². The Morgan fingerprint density at radius 1 is 0.862 bits per heavy atom. The molecule has 146 valence electrons. The van der Waals surface area contributed by atoms with Gasteiger partial charge < -0.3 is 0 Å². The average Bonchev–Trinajstić information content (AvgIpc) is 3.12. The first kappa shape index (κ1) is 19.2. The van der Waals surface area contributed by atoms with Gasteiger partial charge in [0.25, 0.3) is 0 Å². The zero-order valence-corrected chi connectivity index (χ0v) is 17.7. The van der Waals surface area contributed by atoms with E-state index in [0.29, 0.717) is 5.92 Å². The van der Waals surface area contributed by atoms with Crippen molar-refractivity contribution < 1.29 is 0 Å². The number of aryl methyl sites for hydroxylation is 1. The van der Waals surface area contributed by atoms with Gasteiger partial charge in [0.2, 0.25) is 0 Å². The maximum atomic E-state index is 4.42. The van der Waals surface area contributed by atoms with Crippen molar-refractivity contribution in [2.24, 2.45) is 7.05 Å². The molecule has 0 unspecified atom stereocenters. The predicted octanol–water partition coefficient (Wildman–Crippen LogP) is 7.07. The van der Waals surface area contributed by atoms with Gasteiger partial charge in [0.1, 0.15) is 0 Å². The molecule has 0 aliphatic heterocycles. The SMILES string of the molecule is CC/C(=C(/c1ccc(C(C)C)cc1)c1ccc2c(cnn2C)c1)c1ccccc1. The lowest BCUT2D eigenvalue weighted by atomic mass is 9.87. The minimum Gasteiger partial charge on any atom is -0.268 e. The van der Waals surface area contributed by atoms with Crippen LogP contribution in [0.5, 0.6) is 0 Å². The van der Waals surface area contributed by atoms with E-state index >= 15 is 0 Å². The van der Waals surface area contributed by atoms with Crippen LogP contribution < -0.4 is 0 Å². The summed E-state index contributed by atoms with van der Waals surface area (Å²) in [6.07, 6.45) is 2.92. The summed E-state index contributed by atoms with van der Waals surface area (Å²) in [6.45, 7) is 6.72. The first-order chi connectivity index (χ1) is 14.1. The number of fused-ring (bicyclic) bond motifs is 1. The number of aromatic nitrogens is 2. The van der Waals surface area contributed by atoms with Crippen molar-refractivity contribution in [3.63, 3.8) is 0 Å². The van der Waals surface area contributed by atoms with Crippen LogP contribution in [-0.2, 0) is 7.05 Å². The third-order valence-electron chi connectivity index (χ3n) is 5.68. The maximum Gasteiger partial charge on any atom is 0.0679 e. The molecule has 0 spiro atoms. The summed E-state index contributed by atoms with van der Waals surface area (Å²) in [6, 6.07) is 26.5. The molecule has 0 N–H and O–H groups in total. The van der Waals surface area contributed by atoms with Crippen LogP contribution in [0.25, 0.3) is 22.0 Å². The van der Waals surface area contributed by atoms with Gasteiger partial charge in [0.15, 0.2) is 0 Å². The van der Waals surface area contributed by atoms with E-state index in [1.54, 1.807) is 0 Å². The fourth-order valence-electron chi connectivity index (χ4n) is 4.03. The van der Waals surface area contributed by atoms with E-state index in [0.717, 1.165) is 11.9 Å². The van der Waals surface area contributed by atoms with Gasteiger partial charge in [-0.15, -0.1) is 0 Å². The molecule has 4 aromatic rings. The van der Waals surface area contributed by atoms with E-state index in [9.17, 15) is 0 Å². The van der Waals surface area contributed by atoms with Crippen LogP contribution in [0.3, 0.4) is 0 Å². The molecule has 1 aromatic heterocycles. The highest BCUT2D eigenvalue weighted by Crippen LogP contribution is 2.36. The van der Waals surface area contributed by atoms with Crippen molar-refractivity contribution in [1.82, 2.24) is 9.78 Å². The molecule has 3 aromatic carbocycles. The molecule has 0 aliphatic rings. The number of hydrogen-bond donors (Lipinski definition) is 0. The average molecular weight is 381 g/mol. The van der Waals surface area contributed by atoms with Crippen molar-refractivity contribution in [1.29, 1.82) is 0 Å². The minimum atomic E-state index is 0.531. The van der Waals surface area contributed by atoms with E-state index < -0.39 is 0 Å². The number of nitrogens with zero attached hydrogens (tertiary/aromatic N) is 2. The van der Waals surface area contributed by atoms with Crippen molar-refractivity contribution in [2.75, 3.05) is 0 Å². The van der Waals surface area contributed by atoms with Gasteiger partial charge >= 0.3 is 0 Å². The van der Waals surface area contributed by atoms with Gasteiger partial charge in [-0.25, -0.2) is 0 Å². The summed E-state index contributed by atoms with van der Waals surface area (Å²) < 4.78 is 1.93. The van der Waals surface area contributed by atoms with E-state index in [1.165, 1.54) is 38.8 Å². The Morgan fingerprint density at radius 3 is 2.21 bits per heavy atom. The lowest BCUT2D eigenvalue weighted by Gasteiger charge is -2.17. The van der Waals surface area contributed by atoms with Crippen LogP contribution >= 0.6 is 0 Å².